The summed E-state index contributed by atoms with van der Waals surface area (Å²) >= 11 is 0. The molecule has 0 unspecified atom stereocenters. The molecule has 0 saturated carbocycles. The van der Waals surface area contributed by atoms with E-state index in [4.69, 9.17) is 9.84 Å². The predicted molar refractivity (Wildman–Crippen MR) is 68.1 cm³/mol. The van der Waals surface area contributed by atoms with Crippen LogP contribution in [0.25, 0.3) is 0 Å². The Morgan fingerprint density at radius 2 is 2.26 bits per heavy atom. The first kappa shape index (κ1) is 14.4. The van der Waals surface area contributed by atoms with Gasteiger partial charge < -0.3 is 9.84 Å². The van der Waals surface area contributed by atoms with Gasteiger partial charge >= 0.3 is 0 Å². The minimum atomic E-state index is -3.58. The average Bonchev–Trinajstić information content (AvgIpc) is 2.78. The molecule has 0 bridgehead atoms. The Bertz CT molecular complexity index is 538. The first-order chi connectivity index (χ1) is 8.88. The molecular formula is C11H19N3O4S. The molecule has 0 aromatic carbocycles. The molecule has 1 saturated heterocycles. The van der Waals surface area contributed by atoms with E-state index in [1.54, 1.807) is 0 Å². The molecule has 19 heavy (non-hydrogen) atoms. The molecule has 1 aromatic heterocycles. The maximum Gasteiger partial charge on any atom is 0.246 e. The molecule has 1 N–H and O–H groups in total. The minimum Gasteiger partial charge on any atom is -0.394 e. The van der Waals surface area contributed by atoms with Gasteiger partial charge in [-0.05, 0) is 13.8 Å². The molecule has 0 aliphatic carbocycles. The van der Waals surface area contributed by atoms with Gasteiger partial charge in [-0.25, -0.2) is 8.42 Å². The van der Waals surface area contributed by atoms with Crippen LogP contribution in [0.15, 0.2) is 17.3 Å². The van der Waals surface area contributed by atoms with Crippen LogP contribution in [0.3, 0.4) is 0 Å². The Kier molecular flexibility index (Phi) is 3.95. The molecule has 0 radical (unpaired) electrons. The first-order valence-electron chi connectivity index (χ1n) is 6.12. The summed E-state index contributed by atoms with van der Waals surface area (Å²) in [6.07, 6.45) is 2.76. The molecule has 2 heterocycles. The van der Waals surface area contributed by atoms with Crippen molar-refractivity contribution in [1.82, 2.24) is 14.1 Å². The highest BCUT2D eigenvalue weighted by atomic mass is 32.2. The van der Waals surface area contributed by atoms with Crippen molar-refractivity contribution in [3.63, 3.8) is 0 Å². The van der Waals surface area contributed by atoms with Crippen molar-refractivity contribution in [2.75, 3.05) is 26.4 Å². The lowest BCUT2D eigenvalue weighted by Crippen LogP contribution is -2.55. The van der Waals surface area contributed by atoms with E-state index in [1.165, 1.54) is 21.4 Å². The smallest absolute Gasteiger partial charge is 0.246 e. The van der Waals surface area contributed by atoms with Crippen LogP contribution in [0, 0.1) is 0 Å². The maximum absolute atomic E-state index is 12.6. The number of sulfonamides is 1. The van der Waals surface area contributed by atoms with Gasteiger partial charge in [0.1, 0.15) is 4.90 Å². The second kappa shape index (κ2) is 5.20. The predicted octanol–water partition coefficient (Wildman–Crippen LogP) is -0.325. The summed E-state index contributed by atoms with van der Waals surface area (Å²) < 4.78 is 33.3. The summed E-state index contributed by atoms with van der Waals surface area (Å²) in [7, 11) is -3.58. The Morgan fingerprint density at radius 3 is 2.89 bits per heavy atom. The van der Waals surface area contributed by atoms with Gasteiger partial charge in [-0.3, -0.25) is 4.68 Å². The summed E-state index contributed by atoms with van der Waals surface area (Å²) in [6.45, 7) is 4.97. The Labute approximate surface area is 112 Å². The fourth-order valence-electron chi connectivity index (χ4n) is 2.12. The highest BCUT2D eigenvalue weighted by molar-refractivity contribution is 7.89. The van der Waals surface area contributed by atoms with Crippen molar-refractivity contribution in [3.8, 4) is 0 Å². The van der Waals surface area contributed by atoms with Crippen molar-refractivity contribution in [3.05, 3.63) is 12.4 Å². The van der Waals surface area contributed by atoms with Gasteiger partial charge in [0, 0.05) is 12.7 Å². The summed E-state index contributed by atoms with van der Waals surface area (Å²) in [6, 6.07) is 0. The van der Waals surface area contributed by atoms with Crippen LogP contribution in [0.1, 0.15) is 13.8 Å². The van der Waals surface area contributed by atoms with Gasteiger partial charge in [0.15, 0.2) is 0 Å². The second-order valence-electron chi connectivity index (χ2n) is 5.10. The number of aliphatic hydroxyl groups excluding tert-OH is 1. The van der Waals surface area contributed by atoms with Crippen molar-refractivity contribution in [2.24, 2.45) is 0 Å². The molecule has 1 aliphatic rings. The lowest BCUT2D eigenvalue weighted by molar-refractivity contribution is -0.00771. The maximum atomic E-state index is 12.6. The van der Waals surface area contributed by atoms with Gasteiger partial charge in [-0.2, -0.15) is 9.40 Å². The molecule has 0 amide bonds. The highest BCUT2D eigenvalue weighted by Gasteiger charge is 2.40. The zero-order valence-electron chi connectivity index (χ0n) is 11.1. The lowest BCUT2D eigenvalue weighted by atomic mass is 10.1. The average molecular weight is 289 g/mol. The molecule has 8 heteroatoms. The number of nitrogens with zero attached hydrogens (tertiary/aromatic N) is 3. The molecule has 0 spiro atoms. The standard InChI is InChI=1S/C11H19N3O4S/c1-11(2)9-18-6-4-14(11)19(16,17)10-7-12-13(8-10)3-5-15/h7-8,15H,3-6,9H2,1-2H3. The molecule has 108 valence electrons. The summed E-state index contributed by atoms with van der Waals surface area (Å²) in [4.78, 5) is 0.149. The van der Waals surface area contributed by atoms with Crippen LogP contribution in [-0.4, -0.2) is 59.5 Å². The van der Waals surface area contributed by atoms with E-state index < -0.39 is 15.6 Å². The van der Waals surface area contributed by atoms with Crippen molar-refractivity contribution >= 4 is 10.0 Å². The summed E-state index contributed by atoms with van der Waals surface area (Å²) in [5.74, 6) is 0. The highest BCUT2D eigenvalue weighted by Crippen LogP contribution is 2.26. The van der Waals surface area contributed by atoms with Gasteiger partial charge in [0.05, 0.1) is 38.1 Å². The molecule has 7 nitrogen and oxygen atoms in total. The van der Waals surface area contributed by atoms with Gasteiger partial charge in [-0.1, -0.05) is 0 Å². The number of aliphatic hydroxyl groups is 1. The number of rotatable bonds is 4. The van der Waals surface area contributed by atoms with E-state index in [1.807, 2.05) is 13.8 Å². The van der Waals surface area contributed by atoms with Crippen LogP contribution in [0.2, 0.25) is 0 Å². The molecule has 2 rings (SSSR count). The normalized spacial score (nSPS) is 20.6. The van der Waals surface area contributed by atoms with Gasteiger partial charge in [-0.15, -0.1) is 0 Å². The van der Waals surface area contributed by atoms with E-state index >= 15 is 0 Å². The Hall–Kier alpha value is -0.960. The zero-order valence-corrected chi connectivity index (χ0v) is 11.9. The largest absolute Gasteiger partial charge is 0.394 e. The van der Waals surface area contributed by atoms with E-state index in [0.29, 0.717) is 19.8 Å². The molecular weight excluding hydrogens is 270 g/mol. The SMILES string of the molecule is CC1(C)COCCN1S(=O)(=O)c1cnn(CCO)c1. The lowest BCUT2D eigenvalue weighted by Gasteiger charge is -2.40. The van der Waals surface area contributed by atoms with Gasteiger partial charge in [0.2, 0.25) is 10.0 Å². The van der Waals surface area contributed by atoms with E-state index in [0.717, 1.165) is 0 Å². The second-order valence-corrected chi connectivity index (χ2v) is 6.97. The van der Waals surface area contributed by atoms with Crippen LogP contribution in [-0.2, 0) is 21.3 Å². The zero-order chi connectivity index (χ0) is 14.1. The number of morpholine rings is 1. The molecule has 1 aromatic rings. The molecule has 1 aliphatic heterocycles. The monoisotopic (exact) mass is 289 g/mol. The van der Waals surface area contributed by atoms with E-state index in [2.05, 4.69) is 5.10 Å². The third-order valence-corrected chi connectivity index (χ3v) is 5.16. The fourth-order valence-corrected chi connectivity index (χ4v) is 3.83. The first-order valence-corrected chi connectivity index (χ1v) is 7.56. The number of hydrogen-bond acceptors (Lipinski definition) is 5. The Morgan fingerprint density at radius 1 is 1.53 bits per heavy atom. The van der Waals surface area contributed by atoms with Crippen LogP contribution in [0.5, 0.6) is 0 Å². The fraction of sp³-hybridized carbons (Fsp3) is 0.727. The summed E-state index contributed by atoms with van der Waals surface area (Å²) in [5, 5.41) is 12.8. The van der Waals surface area contributed by atoms with E-state index in [-0.39, 0.29) is 18.0 Å². The number of ether oxygens (including phenoxy) is 1. The van der Waals surface area contributed by atoms with Crippen LogP contribution < -0.4 is 0 Å². The van der Waals surface area contributed by atoms with Crippen LogP contribution >= 0.6 is 0 Å². The Balaban J connectivity index is 2.30. The summed E-state index contributed by atoms with van der Waals surface area (Å²) in [5.41, 5.74) is -0.573. The van der Waals surface area contributed by atoms with Crippen molar-refractivity contribution < 1.29 is 18.3 Å². The quantitative estimate of drug-likeness (QED) is 0.821. The third-order valence-electron chi connectivity index (χ3n) is 3.10. The topological polar surface area (TPSA) is 84.7 Å². The number of aromatic nitrogens is 2. The van der Waals surface area contributed by atoms with Crippen LogP contribution in [0.4, 0.5) is 0 Å². The number of hydrogen-bond donors (Lipinski definition) is 1. The minimum absolute atomic E-state index is 0.0792. The van der Waals surface area contributed by atoms with Gasteiger partial charge in [0.25, 0.3) is 0 Å². The third kappa shape index (κ3) is 2.81. The van der Waals surface area contributed by atoms with Crippen molar-refractivity contribution in [1.29, 1.82) is 0 Å². The molecule has 1 fully saturated rings. The van der Waals surface area contributed by atoms with Crippen molar-refractivity contribution in [2.45, 2.75) is 30.8 Å². The molecule has 0 atom stereocenters. The van der Waals surface area contributed by atoms with E-state index in [9.17, 15) is 8.42 Å².